The van der Waals surface area contributed by atoms with E-state index >= 15 is 0 Å². The first kappa shape index (κ1) is 19.4. The van der Waals surface area contributed by atoms with Gasteiger partial charge in [0.2, 0.25) is 10.0 Å². The first-order valence-corrected chi connectivity index (χ1v) is 10.7. The Balaban J connectivity index is 1.44. The second kappa shape index (κ2) is 7.81. The Hall–Kier alpha value is -2.97. The van der Waals surface area contributed by atoms with Gasteiger partial charge >= 0.3 is 6.03 Å². The number of anilines is 1. The molecule has 4 rings (SSSR count). The van der Waals surface area contributed by atoms with Gasteiger partial charge in [0.05, 0.1) is 5.69 Å². The van der Waals surface area contributed by atoms with Crippen LogP contribution >= 0.6 is 0 Å². The van der Waals surface area contributed by atoms with Gasteiger partial charge in [0, 0.05) is 31.6 Å². The summed E-state index contributed by atoms with van der Waals surface area (Å²) in [6.45, 7) is 0.674. The summed E-state index contributed by atoms with van der Waals surface area (Å²) in [5, 5.41) is 4.86. The minimum absolute atomic E-state index is 0.111. The van der Waals surface area contributed by atoms with Crippen LogP contribution in [0, 0.1) is 5.82 Å². The number of nitrogens with zero attached hydrogens (tertiary/aromatic N) is 2. The fourth-order valence-corrected chi connectivity index (χ4v) is 4.94. The van der Waals surface area contributed by atoms with Gasteiger partial charge in [0.1, 0.15) is 10.7 Å². The second-order valence-electron chi connectivity index (χ2n) is 6.78. The number of carbonyl (C=O) groups is 1. The van der Waals surface area contributed by atoms with Gasteiger partial charge in [-0.3, -0.25) is 0 Å². The molecule has 0 bridgehead atoms. The number of urea groups is 1. The van der Waals surface area contributed by atoms with E-state index in [-0.39, 0.29) is 37.1 Å². The molecule has 0 atom stereocenters. The number of fused-ring (bicyclic) bond motifs is 1. The Morgan fingerprint density at radius 2 is 1.52 bits per heavy atom. The standard InChI is InChI=1S/C21H20FN3O3S/c22-18-9-3-4-11-20(18)29(27,28)25-14-12-24(13-15-25)21(26)23-19-10-5-7-16-6-1-2-8-17(16)19/h1-11H,12-15H2,(H,23,26). The molecule has 29 heavy (non-hydrogen) atoms. The average Bonchev–Trinajstić information content (AvgIpc) is 2.74. The summed E-state index contributed by atoms with van der Waals surface area (Å²) in [7, 11) is -3.93. The molecule has 1 saturated heterocycles. The Morgan fingerprint density at radius 1 is 0.862 bits per heavy atom. The lowest BCUT2D eigenvalue weighted by Gasteiger charge is -2.34. The molecular formula is C21H20FN3O3S. The molecule has 1 fully saturated rings. The third kappa shape index (κ3) is 3.81. The van der Waals surface area contributed by atoms with Gasteiger partial charge in [-0.05, 0) is 23.6 Å². The zero-order valence-electron chi connectivity index (χ0n) is 15.6. The van der Waals surface area contributed by atoms with E-state index in [1.165, 1.54) is 22.5 Å². The van der Waals surface area contributed by atoms with Crippen molar-refractivity contribution in [2.75, 3.05) is 31.5 Å². The lowest BCUT2D eigenvalue weighted by atomic mass is 10.1. The van der Waals surface area contributed by atoms with Gasteiger partial charge in [-0.25, -0.2) is 17.6 Å². The van der Waals surface area contributed by atoms with Crippen LogP contribution in [0.15, 0.2) is 71.6 Å². The monoisotopic (exact) mass is 413 g/mol. The minimum atomic E-state index is -3.93. The van der Waals surface area contributed by atoms with E-state index < -0.39 is 15.8 Å². The van der Waals surface area contributed by atoms with Crippen molar-refractivity contribution < 1.29 is 17.6 Å². The highest BCUT2D eigenvalue weighted by Gasteiger charge is 2.31. The van der Waals surface area contributed by atoms with Gasteiger partial charge in [0.15, 0.2) is 0 Å². The van der Waals surface area contributed by atoms with Crippen molar-refractivity contribution in [3.63, 3.8) is 0 Å². The molecule has 0 radical (unpaired) electrons. The topological polar surface area (TPSA) is 69.7 Å². The summed E-state index contributed by atoms with van der Waals surface area (Å²) in [6.07, 6.45) is 0. The van der Waals surface area contributed by atoms with Gasteiger partial charge < -0.3 is 10.2 Å². The van der Waals surface area contributed by atoms with Gasteiger partial charge in [-0.2, -0.15) is 4.31 Å². The van der Waals surface area contributed by atoms with E-state index in [2.05, 4.69) is 5.32 Å². The van der Waals surface area contributed by atoms with Crippen LogP contribution in [0.2, 0.25) is 0 Å². The molecule has 1 heterocycles. The fourth-order valence-electron chi connectivity index (χ4n) is 3.45. The third-order valence-corrected chi connectivity index (χ3v) is 6.94. The van der Waals surface area contributed by atoms with Gasteiger partial charge in [0.25, 0.3) is 0 Å². The summed E-state index contributed by atoms with van der Waals surface area (Å²) in [6, 6.07) is 18.4. The van der Waals surface area contributed by atoms with E-state index in [0.717, 1.165) is 16.8 Å². The van der Waals surface area contributed by atoms with Crippen molar-refractivity contribution in [2.45, 2.75) is 4.90 Å². The molecule has 6 nitrogen and oxygen atoms in total. The second-order valence-corrected chi connectivity index (χ2v) is 8.68. The molecule has 0 unspecified atom stereocenters. The Kier molecular flexibility index (Phi) is 5.21. The van der Waals surface area contributed by atoms with Crippen molar-refractivity contribution in [1.29, 1.82) is 0 Å². The number of halogens is 1. The number of sulfonamides is 1. The summed E-state index contributed by atoms with van der Waals surface area (Å²) in [5.74, 6) is -0.774. The highest BCUT2D eigenvalue weighted by Crippen LogP contribution is 2.24. The summed E-state index contributed by atoms with van der Waals surface area (Å²) in [4.78, 5) is 13.9. The summed E-state index contributed by atoms with van der Waals surface area (Å²) < 4.78 is 40.5. The maximum absolute atomic E-state index is 13.9. The quantitative estimate of drug-likeness (QED) is 0.714. The molecule has 0 saturated carbocycles. The number of piperazine rings is 1. The smallest absolute Gasteiger partial charge is 0.321 e. The van der Waals surface area contributed by atoms with E-state index in [4.69, 9.17) is 0 Å². The first-order valence-electron chi connectivity index (χ1n) is 9.25. The van der Waals surface area contributed by atoms with Crippen LogP contribution in [0.1, 0.15) is 0 Å². The maximum Gasteiger partial charge on any atom is 0.321 e. The van der Waals surface area contributed by atoms with E-state index in [1.807, 2.05) is 42.5 Å². The van der Waals surface area contributed by atoms with Crippen molar-refractivity contribution in [3.8, 4) is 0 Å². The van der Waals surface area contributed by atoms with Crippen LogP contribution in [0.3, 0.4) is 0 Å². The molecule has 0 spiro atoms. The van der Waals surface area contributed by atoms with Crippen molar-refractivity contribution >= 4 is 32.5 Å². The highest BCUT2D eigenvalue weighted by molar-refractivity contribution is 7.89. The highest BCUT2D eigenvalue weighted by atomic mass is 32.2. The molecule has 1 aliphatic rings. The molecule has 2 amide bonds. The number of rotatable bonds is 3. The normalized spacial score (nSPS) is 15.4. The van der Waals surface area contributed by atoms with Crippen molar-refractivity contribution in [2.24, 2.45) is 0 Å². The lowest BCUT2D eigenvalue weighted by molar-refractivity contribution is 0.184. The molecule has 8 heteroatoms. The molecule has 0 aliphatic carbocycles. The van der Waals surface area contributed by atoms with Gasteiger partial charge in [-0.1, -0.05) is 48.5 Å². The van der Waals surface area contributed by atoms with Crippen LogP contribution in [-0.4, -0.2) is 49.8 Å². The maximum atomic E-state index is 13.9. The molecule has 1 aliphatic heterocycles. The zero-order valence-corrected chi connectivity index (χ0v) is 16.4. The minimum Gasteiger partial charge on any atom is -0.322 e. The lowest BCUT2D eigenvalue weighted by Crippen LogP contribution is -2.51. The SMILES string of the molecule is O=C(Nc1cccc2ccccc12)N1CCN(S(=O)(=O)c2ccccc2F)CC1. The number of carbonyl (C=O) groups excluding carboxylic acids is 1. The van der Waals surface area contributed by atoms with Crippen LogP contribution in [0.25, 0.3) is 10.8 Å². The number of hydrogen-bond donors (Lipinski definition) is 1. The van der Waals surface area contributed by atoms with Crippen LogP contribution < -0.4 is 5.32 Å². The number of amides is 2. The average molecular weight is 413 g/mol. The van der Waals surface area contributed by atoms with Crippen LogP contribution in [-0.2, 0) is 10.0 Å². The largest absolute Gasteiger partial charge is 0.322 e. The Bertz CT molecular complexity index is 1150. The molecule has 0 aromatic heterocycles. The number of nitrogens with one attached hydrogen (secondary N) is 1. The molecular weight excluding hydrogens is 393 g/mol. The Labute approximate surface area is 168 Å². The first-order chi connectivity index (χ1) is 14.0. The van der Waals surface area contributed by atoms with E-state index in [1.54, 1.807) is 4.90 Å². The Morgan fingerprint density at radius 3 is 2.28 bits per heavy atom. The molecule has 3 aromatic rings. The van der Waals surface area contributed by atoms with Crippen molar-refractivity contribution in [3.05, 3.63) is 72.5 Å². The van der Waals surface area contributed by atoms with E-state index in [9.17, 15) is 17.6 Å². The fraction of sp³-hybridized carbons (Fsp3) is 0.190. The predicted octanol–water partition coefficient (Wildman–Crippen LogP) is 3.52. The molecule has 150 valence electrons. The molecule has 1 N–H and O–H groups in total. The van der Waals surface area contributed by atoms with E-state index in [0.29, 0.717) is 5.69 Å². The predicted molar refractivity (Wildman–Crippen MR) is 110 cm³/mol. The van der Waals surface area contributed by atoms with Gasteiger partial charge in [-0.15, -0.1) is 0 Å². The summed E-state index contributed by atoms with van der Waals surface area (Å²) >= 11 is 0. The number of benzene rings is 3. The van der Waals surface area contributed by atoms with Crippen molar-refractivity contribution in [1.82, 2.24) is 9.21 Å². The van der Waals surface area contributed by atoms with Crippen LogP contribution in [0.4, 0.5) is 14.9 Å². The molecule has 3 aromatic carbocycles. The number of hydrogen-bond acceptors (Lipinski definition) is 3. The summed E-state index contributed by atoms with van der Waals surface area (Å²) in [5.41, 5.74) is 0.703. The zero-order chi connectivity index (χ0) is 20.4. The van der Waals surface area contributed by atoms with Crippen LogP contribution in [0.5, 0.6) is 0 Å². The third-order valence-electron chi connectivity index (χ3n) is 5.01.